The fourth-order valence-electron chi connectivity index (χ4n) is 6.70. The van der Waals surface area contributed by atoms with Gasteiger partial charge in [-0.05, 0) is 73.6 Å². The summed E-state index contributed by atoms with van der Waals surface area (Å²) in [4.78, 5) is 81.0. The summed E-state index contributed by atoms with van der Waals surface area (Å²) in [5, 5.41) is 11.0. The Hall–Kier alpha value is -6.36. The molecule has 4 atom stereocenters. The number of benzene rings is 3. The molecular formula is C41H46N6O8. The molecule has 0 spiro atoms. The summed E-state index contributed by atoms with van der Waals surface area (Å²) < 4.78 is 9.43. The summed E-state index contributed by atoms with van der Waals surface area (Å²) in [5.74, 6) is 4.55. The van der Waals surface area contributed by atoms with E-state index < -0.39 is 42.3 Å². The van der Waals surface area contributed by atoms with Crippen molar-refractivity contribution in [2.75, 3.05) is 37.9 Å². The quantitative estimate of drug-likeness (QED) is 0.220. The van der Waals surface area contributed by atoms with Crippen molar-refractivity contribution in [1.29, 1.82) is 0 Å². The Kier molecular flexibility index (Phi) is 13.5. The Bertz CT molecular complexity index is 1960. The lowest BCUT2D eigenvalue weighted by Crippen LogP contribution is -2.54. The van der Waals surface area contributed by atoms with Gasteiger partial charge in [0.15, 0.2) is 0 Å². The Balaban J connectivity index is 1.22. The van der Waals surface area contributed by atoms with E-state index in [1.807, 2.05) is 13.8 Å². The Morgan fingerprint density at radius 1 is 0.655 bits per heavy atom. The van der Waals surface area contributed by atoms with Crippen LogP contribution in [0, 0.1) is 17.8 Å². The third-order valence-corrected chi connectivity index (χ3v) is 9.51. The smallest absolute Gasteiger partial charge is 0.407 e. The van der Waals surface area contributed by atoms with Crippen LogP contribution in [0.15, 0.2) is 78.9 Å². The molecule has 14 heteroatoms. The van der Waals surface area contributed by atoms with Crippen LogP contribution >= 0.6 is 0 Å². The molecule has 0 saturated carbocycles. The molecule has 2 aliphatic heterocycles. The van der Waals surface area contributed by atoms with E-state index in [2.05, 4.69) is 37.8 Å². The molecule has 0 unspecified atom stereocenters. The summed E-state index contributed by atoms with van der Waals surface area (Å²) in [6, 6.07) is 19.6. The van der Waals surface area contributed by atoms with Crippen LogP contribution in [0.4, 0.5) is 21.0 Å². The van der Waals surface area contributed by atoms with Gasteiger partial charge in [0.05, 0.1) is 14.2 Å². The number of amides is 6. The van der Waals surface area contributed by atoms with Gasteiger partial charge in [0.2, 0.25) is 17.7 Å². The van der Waals surface area contributed by atoms with Gasteiger partial charge in [0, 0.05) is 35.6 Å². The standard InChI is InChI=1S/C41H46N6O8/c1-26(2)34(44-40(52)54-3)38(50)46-22-10-18-32(46)36(48)42-30-16-8-12-27(24-30)20-21-28-13-9-17-31(25-28)43-37(49)33-19-11-23-47(33)39(51)35(45-41(53)55-4)29-14-6-5-7-15-29/h5-9,12-17,24-26,32-35H,10-11,18-19,22-23H2,1-4H3,(H,42,48)(H,43,49)(H,44,52)(H,45,53)/t32-,33-,34-,35+/m0/s1. The normalized spacial score (nSPS) is 17.3. The Labute approximate surface area is 320 Å². The van der Waals surface area contributed by atoms with Crippen molar-refractivity contribution in [2.24, 2.45) is 5.92 Å². The van der Waals surface area contributed by atoms with Gasteiger partial charge < -0.3 is 40.5 Å². The van der Waals surface area contributed by atoms with Crippen LogP contribution in [0.2, 0.25) is 0 Å². The lowest BCUT2D eigenvalue weighted by molar-refractivity contribution is -0.139. The zero-order valence-electron chi connectivity index (χ0n) is 31.3. The van der Waals surface area contributed by atoms with Crippen molar-refractivity contribution in [3.8, 4) is 11.8 Å². The first kappa shape index (κ1) is 39.8. The van der Waals surface area contributed by atoms with Crippen LogP contribution in [0.3, 0.4) is 0 Å². The van der Waals surface area contributed by atoms with Crippen molar-refractivity contribution in [1.82, 2.24) is 20.4 Å². The molecule has 55 heavy (non-hydrogen) atoms. The van der Waals surface area contributed by atoms with E-state index in [9.17, 15) is 28.8 Å². The molecule has 2 saturated heterocycles. The highest BCUT2D eigenvalue weighted by Crippen LogP contribution is 2.26. The topological polar surface area (TPSA) is 175 Å². The van der Waals surface area contributed by atoms with Gasteiger partial charge in [0.1, 0.15) is 24.2 Å². The minimum Gasteiger partial charge on any atom is -0.453 e. The van der Waals surface area contributed by atoms with Gasteiger partial charge in [-0.1, -0.05) is 68.2 Å². The number of hydrogen-bond donors (Lipinski definition) is 4. The molecule has 3 aromatic rings. The van der Waals surface area contributed by atoms with Crippen LogP contribution in [0.25, 0.3) is 0 Å². The van der Waals surface area contributed by atoms with Crippen molar-refractivity contribution in [2.45, 2.75) is 63.7 Å². The van der Waals surface area contributed by atoms with Crippen LogP contribution in [-0.4, -0.2) is 91.0 Å². The Morgan fingerprint density at radius 3 is 1.64 bits per heavy atom. The second-order valence-corrected chi connectivity index (χ2v) is 13.6. The third-order valence-electron chi connectivity index (χ3n) is 9.51. The van der Waals surface area contributed by atoms with E-state index in [0.717, 1.165) is 0 Å². The van der Waals surface area contributed by atoms with E-state index >= 15 is 0 Å². The summed E-state index contributed by atoms with van der Waals surface area (Å²) in [6.45, 7) is 4.38. The molecule has 2 fully saturated rings. The average Bonchev–Trinajstić information content (AvgIpc) is 3.89. The molecule has 288 valence electrons. The second-order valence-electron chi connectivity index (χ2n) is 13.6. The molecule has 3 aromatic carbocycles. The highest BCUT2D eigenvalue weighted by atomic mass is 16.5. The van der Waals surface area contributed by atoms with Gasteiger partial charge in [-0.15, -0.1) is 0 Å². The third kappa shape index (κ3) is 10.2. The number of hydrogen-bond acceptors (Lipinski definition) is 8. The summed E-state index contributed by atoms with van der Waals surface area (Å²) in [7, 11) is 2.45. The number of carbonyl (C=O) groups excluding carboxylic acids is 6. The fourth-order valence-corrected chi connectivity index (χ4v) is 6.70. The molecule has 6 amide bonds. The molecule has 2 aliphatic rings. The number of nitrogens with one attached hydrogen (secondary N) is 4. The van der Waals surface area contributed by atoms with Crippen LogP contribution in [0.5, 0.6) is 0 Å². The summed E-state index contributed by atoms with van der Waals surface area (Å²) >= 11 is 0. The van der Waals surface area contributed by atoms with E-state index in [4.69, 9.17) is 4.74 Å². The van der Waals surface area contributed by atoms with E-state index in [1.54, 1.807) is 78.9 Å². The predicted molar refractivity (Wildman–Crippen MR) is 204 cm³/mol. The molecule has 2 heterocycles. The average molecular weight is 751 g/mol. The van der Waals surface area contributed by atoms with Crippen molar-refractivity contribution < 1.29 is 38.2 Å². The molecule has 5 rings (SSSR count). The number of likely N-dealkylation sites (tertiary alicyclic amines) is 2. The maximum atomic E-state index is 13.7. The zero-order valence-corrected chi connectivity index (χ0v) is 31.3. The first-order valence-electron chi connectivity index (χ1n) is 18.2. The summed E-state index contributed by atoms with van der Waals surface area (Å²) in [5.41, 5.74) is 2.83. The van der Waals surface area contributed by atoms with E-state index in [0.29, 0.717) is 66.8 Å². The van der Waals surface area contributed by atoms with E-state index in [1.165, 1.54) is 24.0 Å². The van der Waals surface area contributed by atoms with Crippen LogP contribution in [0.1, 0.15) is 62.3 Å². The molecule has 0 aliphatic carbocycles. The number of ether oxygens (including phenoxy) is 2. The lowest BCUT2D eigenvalue weighted by Gasteiger charge is -2.30. The van der Waals surface area contributed by atoms with Gasteiger partial charge in [-0.3, -0.25) is 19.2 Å². The van der Waals surface area contributed by atoms with Crippen molar-refractivity contribution in [3.05, 3.63) is 95.6 Å². The number of methoxy groups -OCH3 is 2. The maximum absolute atomic E-state index is 13.7. The first-order chi connectivity index (χ1) is 26.5. The summed E-state index contributed by atoms with van der Waals surface area (Å²) in [6.07, 6.45) is 0.757. The van der Waals surface area contributed by atoms with Gasteiger partial charge in [-0.2, -0.15) is 0 Å². The largest absolute Gasteiger partial charge is 0.453 e. The molecule has 4 N–H and O–H groups in total. The molecule has 0 aromatic heterocycles. The van der Waals surface area contributed by atoms with Crippen molar-refractivity contribution >= 4 is 47.2 Å². The second kappa shape index (κ2) is 18.6. The molecular weight excluding hydrogens is 704 g/mol. The van der Waals surface area contributed by atoms with Gasteiger partial charge in [0.25, 0.3) is 5.91 Å². The van der Waals surface area contributed by atoms with Gasteiger partial charge in [-0.25, -0.2) is 9.59 Å². The number of anilines is 2. The fraction of sp³-hybridized carbons (Fsp3) is 0.366. The minimum atomic E-state index is -1.02. The SMILES string of the molecule is COC(=O)N[C@H](C(=O)N1CCC[C@H]1C(=O)Nc1cccc(C#Cc2cccc(NC(=O)[C@@H]3CCCN3C(=O)[C@H](NC(=O)OC)c3ccccc3)c2)c1)C(C)C. The first-order valence-corrected chi connectivity index (χ1v) is 18.2. The molecule has 14 nitrogen and oxygen atoms in total. The number of carbonyl (C=O) groups is 6. The molecule has 0 radical (unpaired) electrons. The predicted octanol–water partition coefficient (Wildman–Crippen LogP) is 4.42. The number of rotatable bonds is 10. The Morgan fingerprint density at radius 2 is 1.15 bits per heavy atom. The zero-order chi connectivity index (χ0) is 39.5. The highest BCUT2D eigenvalue weighted by molar-refractivity contribution is 6.00. The minimum absolute atomic E-state index is 0.215. The monoisotopic (exact) mass is 750 g/mol. The van der Waals surface area contributed by atoms with Gasteiger partial charge >= 0.3 is 12.2 Å². The van der Waals surface area contributed by atoms with Crippen molar-refractivity contribution in [3.63, 3.8) is 0 Å². The lowest BCUT2D eigenvalue weighted by atomic mass is 10.0. The maximum Gasteiger partial charge on any atom is 0.407 e. The number of nitrogens with zero attached hydrogens (tertiary/aromatic N) is 2. The highest BCUT2D eigenvalue weighted by Gasteiger charge is 2.40. The van der Waals surface area contributed by atoms with Crippen LogP contribution < -0.4 is 21.3 Å². The number of alkyl carbamates (subject to hydrolysis) is 2. The molecule has 0 bridgehead atoms. The van der Waals surface area contributed by atoms with E-state index in [-0.39, 0.29) is 23.6 Å². The van der Waals surface area contributed by atoms with Crippen LogP contribution in [-0.2, 0) is 28.7 Å².